The predicted octanol–water partition coefficient (Wildman–Crippen LogP) is 3.27. The van der Waals surface area contributed by atoms with Crippen molar-refractivity contribution in [3.05, 3.63) is 52.7 Å². The average Bonchev–Trinajstić information content (AvgIpc) is 3.11. The molecule has 0 atom stereocenters. The molecule has 0 saturated heterocycles. The Balaban J connectivity index is 1.43. The maximum atomic E-state index is 11.9. The average molecular weight is 301 g/mol. The van der Waals surface area contributed by atoms with Gasteiger partial charge < -0.3 is 10.1 Å². The highest BCUT2D eigenvalue weighted by molar-refractivity contribution is 7.07. The van der Waals surface area contributed by atoms with E-state index >= 15 is 0 Å². The molecule has 0 spiro atoms. The van der Waals surface area contributed by atoms with Gasteiger partial charge in [0.1, 0.15) is 5.75 Å². The molecule has 1 fully saturated rings. The molecule has 0 unspecified atom stereocenters. The summed E-state index contributed by atoms with van der Waals surface area (Å²) in [4.78, 5) is 11.9. The first-order chi connectivity index (χ1) is 10.3. The van der Waals surface area contributed by atoms with Crippen LogP contribution in [0.1, 0.15) is 18.4 Å². The van der Waals surface area contributed by atoms with Crippen molar-refractivity contribution < 1.29 is 9.53 Å². The lowest BCUT2D eigenvalue weighted by molar-refractivity contribution is -0.120. The number of para-hydroxylation sites is 1. The zero-order valence-electron chi connectivity index (χ0n) is 11.9. The normalized spacial score (nSPS) is 15.4. The summed E-state index contributed by atoms with van der Waals surface area (Å²) >= 11 is 1.62. The van der Waals surface area contributed by atoms with Crippen molar-refractivity contribution in [3.63, 3.8) is 0 Å². The molecule has 0 radical (unpaired) electrons. The number of thiophene rings is 1. The van der Waals surface area contributed by atoms with Gasteiger partial charge in [0, 0.05) is 12.0 Å². The molecule has 1 aromatic heterocycles. The minimum absolute atomic E-state index is 0.0967. The molecule has 1 amide bonds. The molecule has 1 N–H and O–H groups in total. The van der Waals surface area contributed by atoms with Crippen LogP contribution in [0.15, 0.2) is 47.2 Å². The highest BCUT2D eigenvalue weighted by atomic mass is 32.1. The summed E-state index contributed by atoms with van der Waals surface area (Å²) in [7, 11) is 0. The van der Waals surface area contributed by atoms with Gasteiger partial charge in [0.2, 0.25) is 5.91 Å². The Hall–Kier alpha value is -1.81. The molecule has 1 aliphatic carbocycles. The number of hydrogen-bond acceptors (Lipinski definition) is 3. The SMILES string of the molecule is O=C(Cc1ccsc1)NCC1(COc2ccccc2)CC1. The number of benzene rings is 1. The van der Waals surface area contributed by atoms with E-state index in [1.165, 1.54) is 0 Å². The van der Waals surface area contributed by atoms with E-state index < -0.39 is 0 Å². The lowest BCUT2D eigenvalue weighted by Gasteiger charge is -2.17. The van der Waals surface area contributed by atoms with Crippen molar-refractivity contribution in [2.24, 2.45) is 5.41 Å². The van der Waals surface area contributed by atoms with Crippen LogP contribution >= 0.6 is 11.3 Å². The van der Waals surface area contributed by atoms with E-state index in [1.807, 2.05) is 47.2 Å². The number of amides is 1. The van der Waals surface area contributed by atoms with Crippen LogP contribution in [0, 0.1) is 5.41 Å². The van der Waals surface area contributed by atoms with Crippen LogP contribution in [-0.2, 0) is 11.2 Å². The van der Waals surface area contributed by atoms with E-state index in [-0.39, 0.29) is 11.3 Å². The molecule has 3 nitrogen and oxygen atoms in total. The minimum Gasteiger partial charge on any atom is -0.493 e. The summed E-state index contributed by atoms with van der Waals surface area (Å²) in [6.07, 6.45) is 2.72. The number of carbonyl (C=O) groups is 1. The van der Waals surface area contributed by atoms with Crippen molar-refractivity contribution >= 4 is 17.2 Å². The van der Waals surface area contributed by atoms with E-state index in [9.17, 15) is 4.79 Å². The van der Waals surface area contributed by atoms with Crippen molar-refractivity contribution in [1.29, 1.82) is 0 Å². The van der Waals surface area contributed by atoms with Gasteiger partial charge in [0.05, 0.1) is 13.0 Å². The second-order valence-electron chi connectivity index (χ2n) is 5.69. The van der Waals surface area contributed by atoms with Crippen LogP contribution in [0.5, 0.6) is 5.75 Å². The second kappa shape index (κ2) is 6.31. The first kappa shape index (κ1) is 14.1. The zero-order valence-corrected chi connectivity index (χ0v) is 12.7. The van der Waals surface area contributed by atoms with Gasteiger partial charge >= 0.3 is 0 Å². The fourth-order valence-corrected chi connectivity index (χ4v) is 2.90. The number of rotatable bonds is 7. The smallest absolute Gasteiger partial charge is 0.224 e. The minimum atomic E-state index is 0.0967. The molecule has 0 bridgehead atoms. The van der Waals surface area contributed by atoms with Crippen molar-refractivity contribution in [2.75, 3.05) is 13.2 Å². The summed E-state index contributed by atoms with van der Waals surface area (Å²) in [6.45, 7) is 1.39. The Labute approximate surface area is 129 Å². The second-order valence-corrected chi connectivity index (χ2v) is 6.47. The summed E-state index contributed by atoms with van der Waals surface area (Å²) in [5, 5.41) is 7.06. The Morgan fingerprint density at radius 2 is 2.05 bits per heavy atom. The van der Waals surface area contributed by atoms with Gasteiger partial charge in [-0.2, -0.15) is 11.3 Å². The van der Waals surface area contributed by atoms with Crippen LogP contribution in [0.2, 0.25) is 0 Å². The molecule has 4 heteroatoms. The zero-order chi connectivity index (χ0) is 14.5. The molecule has 0 aliphatic heterocycles. The third-order valence-corrected chi connectivity index (χ3v) is 4.58. The number of hydrogen-bond donors (Lipinski definition) is 1. The Morgan fingerprint density at radius 1 is 1.24 bits per heavy atom. The van der Waals surface area contributed by atoms with E-state index in [1.54, 1.807) is 11.3 Å². The van der Waals surface area contributed by atoms with E-state index in [2.05, 4.69) is 5.32 Å². The summed E-state index contributed by atoms with van der Waals surface area (Å²) < 4.78 is 5.82. The Bertz CT molecular complexity index is 576. The monoisotopic (exact) mass is 301 g/mol. The largest absolute Gasteiger partial charge is 0.493 e. The van der Waals surface area contributed by atoms with Gasteiger partial charge in [0.25, 0.3) is 0 Å². The molecule has 1 aliphatic rings. The topological polar surface area (TPSA) is 38.3 Å². The third kappa shape index (κ3) is 4.08. The fourth-order valence-electron chi connectivity index (χ4n) is 2.23. The van der Waals surface area contributed by atoms with E-state index in [4.69, 9.17) is 4.74 Å². The molecule has 3 rings (SSSR count). The molecular weight excluding hydrogens is 282 g/mol. The standard InChI is InChI=1S/C17H19NO2S/c19-16(10-14-6-9-21-11-14)18-12-17(7-8-17)13-20-15-4-2-1-3-5-15/h1-6,9,11H,7-8,10,12-13H2,(H,18,19). The van der Waals surface area contributed by atoms with Gasteiger partial charge in [-0.1, -0.05) is 18.2 Å². The lowest BCUT2D eigenvalue weighted by Crippen LogP contribution is -2.33. The van der Waals surface area contributed by atoms with Crippen LogP contribution in [0.3, 0.4) is 0 Å². The molecule has 2 aromatic rings. The Morgan fingerprint density at radius 3 is 2.71 bits per heavy atom. The van der Waals surface area contributed by atoms with Gasteiger partial charge in [-0.25, -0.2) is 0 Å². The van der Waals surface area contributed by atoms with Crippen LogP contribution in [0.25, 0.3) is 0 Å². The molecular formula is C17H19NO2S. The molecule has 21 heavy (non-hydrogen) atoms. The van der Waals surface area contributed by atoms with Gasteiger partial charge in [-0.05, 0) is 47.4 Å². The fraction of sp³-hybridized carbons (Fsp3) is 0.353. The highest BCUT2D eigenvalue weighted by Gasteiger charge is 2.43. The molecule has 1 aromatic carbocycles. The number of ether oxygens (including phenoxy) is 1. The summed E-state index contributed by atoms with van der Waals surface area (Å²) in [5.74, 6) is 0.993. The summed E-state index contributed by atoms with van der Waals surface area (Å²) in [6, 6.07) is 11.8. The molecule has 1 saturated carbocycles. The summed E-state index contributed by atoms with van der Waals surface area (Å²) in [5.41, 5.74) is 1.23. The maximum Gasteiger partial charge on any atom is 0.224 e. The van der Waals surface area contributed by atoms with E-state index in [0.717, 1.165) is 24.2 Å². The number of carbonyl (C=O) groups excluding carboxylic acids is 1. The van der Waals surface area contributed by atoms with Gasteiger partial charge in [-0.15, -0.1) is 0 Å². The van der Waals surface area contributed by atoms with E-state index in [0.29, 0.717) is 19.6 Å². The third-order valence-electron chi connectivity index (χ3n) is 3.85. The molecule has 110 valence electrons. The highest BCUT2D eigenvalue weighted by Crippen LogP contribution is 2.45. The van der Waals surface area contributed by atoms with Gasteiger partial charge in [0.15, 0.2) is 0 Å². The first-order valence-corrected chi connectivity index (χ1v) is 8.16. The van der Waals surface area contributed by atoms with Crippen LogP contribution in [0.4, 0.5) is 0 Å². The van der Waals surface area contributed by atoms with Crippen molar-refractivity contribution in [1.82, 2.24) is 5.32 Å². The Kier molecular flexibility index (Phi) is 4.25. The van der Waals surface area contributed by atoms with Crippen molar-refractivity contribution in [2.45, 2.75) is 19.3 Å². The van der Waals surface area contributed by atoms with Crippen molar-refractivity contribution in [3.8, 4) is 5.75 Å². The van der Waals surface area contributed by atoms with Gasteiger partial charge in [-0.3, -0.25) is 4.79 Å². The predicted molar refractivity (Wildman–Crippen MR) is 84.6 cm³/mol. The maximum absolute atomic E-state index is 11.9. The first-order valence-electron chi connectivity index (χ1n) is 7.21. The quantitative estimate of drug-likeness (QED) is 0.852. The number of nitrogens with one attached hydrogen (secondary N) is 1. The molecule has 1 heterocycles. The van der Waals surface area contributed by atoms with Crippen LogP contribution < -0.4 is 10.1 Å². The van der Waals surface area contributed by atoms with Crippen LogP contribution in [-0.4, -0.2) is 19.1 Å². The lowest BCUT2D eigenvalue weighted by atomic mass is 10.1.